The van der Waals surface area contributed by atoms with Crippen LogP contribution in [0.3, 0.4) is 0 Å². The van der Waals surface area contributed by atoms with E-state index in [1.54, 1.807) is 0 Å². The molecule has 3 rings (SSSR count). The quantitative estimate of drug-likeness (QED) is 0.541. The highest BCUT2D eigenvalue weighted by Crippen LogP contribution is 2.48. The van der Waals surface area contributed by atoms with Crippen molar-refractivity contribution in [2.24, 2.45) is 11.8 Å². The fraction of sp³-hybridized carbons (Fsp3) is 1.00. The maximum Gasteiger partial charge on any atom is 0.160 e. The largest absolute Gasteiger partial charge is 0.374 e. The van der Waals surface area contributed by atoms with Crippen molar-refractivity contribution in [1.82, 2.24) is 0 Å². The van der Waals surface area contributed by atoms with E-state index in [0.29, 0.717) is 24.7 Å². The van der Waals surface area contributed by atoms with Crippen molar-refractivity contribution in [1.29, 1.82) is 0 Å². The maximum atomic E-state index is 9.42. The Morgan fingerprint density at radius 3 is 2.82 bits per heavy atom. The first-order valence-corrected chi connectivity index (χ1v) is 4.31. The summed E-state index contributed by atoms with van der Waals surface area (Å²) in [6, 6.07) is 0. The van der Waals surface area contributed by atoms with E-state index in [9.17, 15) is 5.11 Å². The Balaban J connectivity index is 1.91. The molecule has 3 heteroatoms. The first kappa shape index (κ1) is 6.40. The number of aliphatic hydroxyl groups excluding tert-OH is 1. The monoisotopic (exact) mass is 156 g/mol. The summed E-state index contributed by atoms with van der Waals surface area (Å²) in [5.41, 5.74) is 0. The molecular formula is C8H12O3. The summed E-state index contributed by atoms with van der Waals surface area (Å²) < 4.78 is 10.8. The Morgan fingerprint density at radius 1 is 1.18 bits per heavy atom. The van der Waals surface area contributed by atoms with Gasteiger partial charge in [0, 0.05) is 11.8 Å². The smallest absolute Gasteiger partial charge is 0.160 e. The third kappa shape index (κ3) is 0.687. The Morgan fingerprint density at radius 2 is 2.00 bits per heavy atom. The van der Waals surface area contributed by atoms with Crippen molar-refractivity contribution in [3.05, 3.63) is 0 Å². The standard InChI is InChI=1S/C8H12O3/c9-8-7-4(3-10-8)5-1-2-6(7)11-5/h4-9H,1-3H2/t4-,5?,6?,7?,8?/m1/s1. The molecule has 0 aromatic rings. The molecule has 0 amide bonds. The molecule has 0 saturated carbocycles. The van der Waals surface area contributed by atoms with Gasteiger partial charge >= 0.3 is 0 Å². The lowest BCUT2D eigenvalue weighted by Gasteiger charge is -2.19. The van der Waals surface area contributed by atoms with Crippen LogP contribution < -0.4 is 0 Å². The SMILES string of the molecule is OC1OC[C@@H]2C3CCC(O3)C12. The van der Waals surface area contributed by atoms with Gasteiger partial charge in [0.25, 0.3) is 0 Å². The molecule has 5 atom stereocenters. The fourth-order valence-electron chi connectivity index (χ4n) is 2.75. The van der Waals surface area contributed by atoms with E-state index < -0.39 is 6.29 Å². The number of hydrogen-bond acceptors (Lipinski definition) is 3. The van der Waals surface area contributed by atoms with Crippen LogP contribution >= 0.6 is 0 Å². The van der Waals surface area contributed by atoms with E-state index in [0.717, 1.165) is 6.42 Å². The molecule has 0 radical (unpaired) electrons. The molecule has 0 spiro atoms. The van der Waals surface area contributed by atoms with Crippen LogP contribution in [0.2, 0.25) is 0 Å². The van der Waals surface area contributed by atoms with Crippen LogP contribution in [0.5, 0.6) is 0 Å². The summed E-state index contributed by atoms with van der Waals surface area (Å²) >= 11 is 0. The summed E-state index contributed by atoms with van der Waals surface area (Å²) in [4.78, 5) is 0. The fourth-order valence-corrected chi connectivity index (χ4v) is 2.75. The molecule has 3 aliphatic rings. The van der Waals surface area contributed by atoms with E-state index in [1.165, 1.54) is 6.42 Å². The number of rotatable bonds is 0. The van der Waals surface area contributed by atoms with Gasteiger partial charge in [0.05, 0.1) is 18.8 Å². The van der Waals surface area contributed by atoms with E-state index >= 15 is 0 Å². The summed E-state index contributed by atoms with van der Waals surface area (Å²) in [7, 11) is 0. The summed E-state index contributed by atoms with van der Waals surface area (Å²) in [5.74, 6) is 0.775. The molecule has 3 nitrogen and oxygen atoms in total. The van der Waals surface area contributed by atoms with Gasteiger partial charge in [-0.05, 0) is 12.8 Å². The van der Waals surface area contributed by atoms with E-state index in [2.05, 4.69) is 0 Å². The minimum absolute atomic E-state index is 0.286. The molecule has 3 aliphatic heterocycles. The molecule has 0 aromatic carbocycles. The van der Waals surface area contributed by atoms with E-state index in [-0.39, 0.29) is 5.92 Å². The van der Waals surface area contributed by atoms with Crippen LogP contribution in [0.4, 0.5) is 0 Å². The van der Waals surface area contributed by atoms with Crippen LogP contribution in [0.1, 0.15) is 12.8 Å². The minimum atomic E-state index is -0.546. The third-order valence-electron chi connectivity index (χ3n) is 3.28. The second-order valence-electron chi connectivity index (χ2n) is 3.76. The van der Waals surface area contributed by atoms with Gasteiger partial charge in [-0.15, -0.1) is 0 Å². The van der Waals surface area contributed by atoms with Gasteiger partial charge in [-0.1, -0.05) is 0 Å². The van der Waals surface area contributed by atoms with Gasteiger partial charge in [0.15, 0.2) is 6.29 Å². The first-order chi connectivity index (χ1) is 5.36. The van der Waals surface area contributed by atoms with Gasteiger partial charge in [0.1, 0.15) is 0 Å². The molecule has 4 unspecified atom stereocenters. The highest BCUT2D eigenvalue weighted by Gasteiger charge is 2.55. The van der Waals surface area contributed by atoms with Crippen LogP contribution in [-0.2, 0) is 9.47 Å². The summed E-state index contributed by atoms with van der Waals surface area (Å²) in [5, 5.41) is 9.42. The first-order valence-electron chi connectivity index (χ1n) is 4.31. The average Bonchev–Trinajstić information content (AvgIpc) is 2.60. The molecule has 11 heavy (non-hydrogen) atoms. The van der Waals surface area contributed by atoms with Crippen LogP contribution in [0.15, 0.2) is 0 Å². The summed E-state index contributed by atoms with van der Waals surface area (Å²) in [6.07, 6.45) is 2.42. The number of hydrogen-bond donors (Lipinski definition) is 1. The number of aliphatic hydroxyl groups is 1. The Hall–Kier alpha value is -0.120. The third-order valence-corrected chi connectivity index (χ3v) is 3.28. The zero-order valence-electron chi connectivity index (χ0n) is 6.27. The molecule has 0 aromatic heterocycles. The van der Waals surface area contributed by atoms with Crippen molar-refractivity contribution in [3.63, 3.8) is 0 Å². The lowest BCUT2D eigenvalue weighted by Crippen LogP contribution is -2.30. The lowest BCUT2D eigenvalue weighted by atomic mass is 9.81. The van der Waals surface area contributed by atoms with Crippen molar-refractivity contribution in [3.8, 4) is 0 Å². The molecule has 62 valence electrons. The van der Waals surface area contributed by atoms with Crippen LogP contribution in [-0.4, -0.2) is 30.2 Å². The molecule has 0 aliphatic carbocycles. The minimum Gasteiger partial charge on any atom is -0.374 e. The van der Waals surface area contributed by atoms with Gasteiger partial charge in [-0.25, -0.2) is 0 Å². The Kier molecular flexibility index (Phi) is 1.15. The molecule has 3 fully saturated rings. The van der Waals surface area contributed by atoms with E-state index in [4.69, 9.17) is 9.47 Å². The normalized spacial score (nSPS) is 60.3. The topological polar surface area (TPSA) is 38.7 Å². The lowest BCUT2D eigenvalue weighted by molar-refractivity contribution is -0.105. The average molecular weight is 156 g/mol. The van der Waals surface area contributed by atoms with Gasteiger partial charge in [0.2, 0.25) is 0 Å². The molecule has 3 heterocycles. The van der Waals surface area contributed by atoms with Crippen LogP contribution in [0, 0.1) is 11.8 Å². The van der Waals surface area contributed by atoms with E-state index in [1.807, 2.05) is 0 Å². The van der Waals surface area contributed by atoms with Gasteiger partial charge < -0.3 is 14.6 Å². The molecule has 1 N–H and O–H groups in total. The highest BCUT2D eigenvalue weighted by molar-refractivity contribution is 4.99. The van der Waals surface area contributed by atoms with Crippen molar-refractivity contribution >= 4 is 0 Å². The predicted octanol–water partition coefficient (Wildman–Crippen LogP) is 0.129. The Labute approximate surface area is 65.3 Å². The number of fused-ring (bicyclic) bond motifs is 5. The Bertz CT molecular complexity index is 182. The molecule has 2 bridgehead atoms. The van der Waals surface area contributed by atoms with Crippen molar-refractivity contribution < 1.29 is 14.6 Å². The molecular weight excluding hydrogens is 144 g/mol. The second-order valence-corrected chi connectivity index (χ2v) is 3.76. The number of ether oxygens (including phenoxy) is 2. The van der Waals surface area contributed by atoms with Crippen molar-refractivity contribution in [2.45, 2.75) is 31.3 Å². The maximum absolute atomic E-state index is 9.42. The second kappa shape index (κ2) is 1.97. The highest BCUT2D eigenvalue weighted by atomic mass is 16.6. The van der Waals surface area contributed by atoms with Crippen molar-refractivity contribution in [2.75, 3.05) is 6.61 Å². The summed E-state index contributed by atoms with van der Waals surface area (Å²) in [6.45, 7) is 0.701. The zero-order valence-corrected chi connectivity index (χ0v) is 6.27. The zero-order chi connectivity index (χ0) is 7.42. The molecule has 3 saturated heterocycles. The predicted molar refractivity (Wildman–Crippen MR) is 36.8 cm³/mol. The van der Waals surface area contributed by atoms with Gasteiger partial charge in [-0.2, -0.15) is 0 Å². The van der Waals surface area contributed by atoms with Gasteiger partial charge in [-0.3, -0.25) is 0 Å². The van der Waals surface area contributed by atoms with Crippen LogP contribution in [0.25, 0.3) is 0 Å².